The summed E-state index contributed by atoms with van der Waals surface area (Å²) in [7, 11) is 3.07. The van der Waals surface area contributed by atoms with E-state index in [9.17, 15) is 14.4 Å². The Morgan fingerprint density at radius 3 is 2.45 bits per heavy atom. The number of benzene rings is 1. The standard InChI is InChI=1S/C21H29N3O5/c1-14(19(25)22-15-8-9-17(28-2)18(12-15)29-3)13-23-10-11-24(21(27)20(23)26)16-6-4-5-7-16/h8-9,12,14,16H,4-7,10-11,13H2,1-3H3,(H,22,25). The number of hydrogen-bond acceptors (Lipinski definition) is 5. The lowest BCUT2D eigenvalue weighted by Gasteiger charge is -2.37. The van der Waals surface area contributed by atoms with Crippen LogP contribution in [0.15, 0.2) is 18.2 Å². The van der Waals surface area contributed by atoms with E-state index in [1.165, 1.54) is 12.0 Å². The van der Waals surface area contributed by atoms with Crippen molar-refractivity contribution >= 4 is 23.4 Å². The summed E-state index contributed by atoms with van der Waals surface area (Å²) in [6.45, 7) is 2.97. The fourth-order valence-electron chi connectivity index (χ4n) is 4.02. The molecule has 0 aromatic heterocycles. The molecule has 1 saturated heterocycles. The number of rotatable bonds is 7. The summed E-state index contributed by atoms with van der Waals surface area (Å²) < 4.78 is 10.4. The van der Waals surface area contributed by atoms with Crippen molar-refractivity contribution in [2.45, 2.75) is 38.6 Å². The van der Waals surface area contributed by atoms with Gasteiger partial charge in [-0.1, -0.05) is 19.8 Å². The topological polar surface area (TPSA) is 88.2 Å². The fraction of sp³-hybridized carbons (Fsp3) is 0.571. The molecule has 158 valence electrons. The van der Waals surface area contributed by atoms with Crippen LogP contribution in [-0.4, -0.2) is 67.4 Å². The Bertz CT molecular complexity index is 776. The Labute approximate surface area is 171 Å². The van der Waals surface area contributed by atoms with Gasteiger partial charge in [0.1, 0.15) is 0 Å². The van der Waals surface area contributed by atoms with Crippen LogP contribution in [-0.2, 0) is 14.4 Å². The lowest BCUT2D eigenvalue weighted by atomic mass is 10.1. The van der Waals surface area contributed by atoms with Crippen LogP contribution in [0.5, 0.6) is 11.5 Å². The first kappa shape index (κ1) is 21.0. The van der Waals surface area contributed by atoms with Gasteiger partial charge in [-0.2, -0.15) is 0 Å². The van der Waals surface area contributed by atoms with Crippen LogP contribution in [0, 0.1) is 5.92 Å². The third-order valence-electron chi connectivity index (χ3n) is 5.70. The van der Waals surface area contributed by atoms with Gasteiger partial charge in [-0.05, 0) is 25.0 Å². The molecule has 1 saturated carbocycles. The molecular weight excluding hydrogens is 374 g/mol. The Morgan fingerprint density at radius 2 is 1.79 bits per heavy atom. The van der Waals surface area contributed by atoms with Gasteiger partial charge in [0.25, 0.3) is 0 Å². The van der Waals surface area contributed by atoms with E-state index in [2.05, 4.69) is 5.32 Å². The van der Waals surface area contributed by atoms with Crippen molar-refractivity contribution in [3.63, 3.8) is 0 Å². The zero-order valence-corrected chi connectivity index (χ0v) is 17.3. The van der Waals surface area contributed by atoms with Crippen LogP contribution in [0.2, 0.25) is 0 Å². The molecule has 0 radical (unpaired) electrons. The van der Waals surface area contributed by atoms with E-state index in [0.29, 0.717) is 30.3 Å². The molecule has 8 nitrogen and oxygen atoms in total. The van der Waals surface area contributed by atoms with Gasteiger partial charge in [0.05, 0.1) is 20.1 Å². The second-order valence-corrected chi connectivity index (χ2v) is 7.65. The predicted molar refractivity (Wildman–Crippen MR) is 108 cm³/mol. The summed E-state index contributed by atoms with van der Waals surface area (Å²) in [6, 6.07) is 5.31. The summed E-state index contributed by atoms with van der Waals surface area (Å²) in [6.07, 6.45) is 4.17. The van der Waals surface area contributed by atoms with Gasteiger partial charge >= 0.3 is 11.8 Å². The number of nitrogens with one attached hydrogen (secondary N) is 1. The molecule has 1 aliphatic carbocycles. The first-order valence-corrected chi connectivity index (χ1v) is 10.1. The number of carbonyl (C=O) groups excluding carboxylic acids is 3. The molecular formula is C21H29N3O5. The molecule has 2 aliphatic rings. The molecule has 0 spiro atoms. The van der Waals surface area contributed by atoms with Crippen LogP contribution < -0.4 is 14.8 Å². The molecule has 1 aromatic carbocycles. The molecule has 8 heteroatoms. The van der Waals surface area contributed by atoms with Crippen molar-refractivity contribution in [2.24, 2.45) is 5.92 Å². The summed E-state index contributed by atoms with van der Waals surface area (Å²) in [5.41, 5.74) is 0.577. The van der Waals surface area contributed by atoms with Crippen molar-refractivity contribution in [1.82, 2.24) is 9.80 Å². The average Bonchev–Trinajstić information content (AvgIpc) is 3.25. The van der Waals surface area contributed by atoms with Gasteiger partial charge < -0.3 is 24.6 Å². The first-order chi connectivity index (χ1) is 13.9. The lowest BCUT2D eigenvalue weighted by Crippen LogP contribution is -2.57. The molecule has 1 heterocycles. The van der Waals surface area contributed by atoms with E-state index in [1.807, 2.05) is 0 Å². The van der Waals surface area contributed by atoms with E-state index in [4.69, 9.17) is 9.47 Å². The third kappa shape index (κ3) is 4.63. The fourth-order valence-corrected chi connectivity index (χ4v) is 4.02. The number of hydrogen-bond donors (Lipinski definition) is 1. The molecule has 3 amide bonds. The molecule has 1 unspecified atom stereocenters. The monoisotopic (exact) mass is 403 g/mol. The zero-order valence-electron chi connectivity index (χ0n) is 17.3. The average molecular weight is 403 g/mol. The van der Waals surface area contributed by atoms with E-state index in [-0.39, 0.29) is 18.5 Å². The highest BCUT2D eigenvalue weighted by Gasteiger charge is 2.38. The van der Waals surface area contributed by atoms with E-state index in [0.717, 1.165) is 25.7 Å². The molecule has 1 N–H and O–H groups in total. The van der Waals surface area contributed by atoms with Crippen molar-refractivity contribution in [1.29, 1.82) is 0 Å². The molecule has 1 aromatic rings. The maximum atomic E-state index is 12.6. The highest BCUT2D eigenvalue weighted by molar-refractivity contribution is 6.35. The van der Waals surface area contributed by atoms with E-state index < -0.39 is 17.7 Å². The van der Waals surface area contributed by atoms with Gasteiger partial charge in [-0.3, -0.25) is 14.4 Å². The van der Waals surface area contributed by atoms with Crippen molar-refractivity contribution < 1.29 is 23.9 Å². The Morgan fingerprint density at radius 1 is 1.10 bits per heavy atom. The SMILES string of the molecule is COc1ccc(NC(=O)C(C)CN2CCN(C3CCCC3)C(=O)C2=O)cc1OC. The number of anilines is 1. The summed E-state index contributed by atoms with van der Waals surface area (Å²) >= 11 is 0. The first-order valence-electron chi connectivity index (χ1n) is 10.1. The van der Waals surface area contributed by atoms with Crippen LogP contribution >= 0.6 is 0 Å². The Kier molecular flexibility index (Phi) is 6.61. The van der Waals surface area contributed by atoms with Crippen LogP contribution in [0.3, 0.4) is 0 Å². The second kappa shape index (κ2) is 9.15. The molecule has 3 rings (SSSR count). The third-order valence-corrected chi connectivity index (χ3v) is 5.70. The number of ether oxygens (including phenoxy) is 2. The summed E-state index contributed by atoms with van der Waals surface area (Å²) in [5.74, 6) is -0.539. The highest BCUT2D eigenvalue weighted by Crippen LogP contribution is 2.30. The highest BCUT2D eigenvalue weighted by atomic mass is 16.5. The van der Waals surface area contributed by atoms with E-state index >= 15 is 0 Å². The molecule has 2 fully saturated rings. The number of methoxy groups -OCH3 is 2. The van der Waals surface area contributed by atoms with Crippen molar-refractivity contribution in [2.75, 3.05) is 39.2 Å². The molecule has 1 aliphatic heterocycles. The molecule has 0 bridgehead atoms. The number of nitrogens with zero attached hydrogens (tertiary/aromatic N) is 2. The maximum Gasteiger partial charge on any atom is 0.312 e. The van der Waals surface area contributed by atoms with Crippen LogP contribution in [0.25, 0.3) is 0 Å². The van der Waals surface area contributed by atoms with Crippen LogP contribution in [0.4, 0.5) is 5.69 Å². The number of amides is 3. The van der Waals surface area contributed by atoms with Crippen LogP contribution in [0.1, 0.15) is 32.6 Å². The lowest BCUT2D eigenvalue weighted by molar-refractivity contribution is -0.158. The van der Waals surface area contributed by atoms with E-state index in [1.54, 1.807) is 37.1 Å². The largest absolute Gasteiger partial charge is 0.493 e. The van der Waals surface area contributed by atoms with Gasteiger partial charge in [-0.25, -0.2) is 0 Å². The van der Waals surface area contributed by atoms with Gasteiger partial charge in [0, 0.05) is 37.4 Å². The number of piperazine rings is 1. The summed E-state index contributed by atoms with van der Waals surface area (Å²) in [4.78, 5) is 40.8. The summed E-state index contributed by atoms with van der Waals surface area (Å²) in [5, 5.41) is 2.83. The maximum absolute atomic E-state index is 12.6. The quantitative estimate of drug-likeness (QED) is 0.703. The van der Waals surface area contributed by atoms with Crippen molar-refractivity contribution in [3.05, 3.63) is 18.2 Å². The zero-order chi connectivity index (χ0) is 21.0. The van der Waals surface area contributed by atoms with Gasteiger partial charge in [0.15, 0.2) is 11.5 Å². The minimum Gasteiger partial charge on any atom is -0.493 e. The van der Waals surface area contributed by atoms with Crippen molar-refractivity contribution in [3.8, 4) is 11.5 Å². The molecule has 29 heavy (non-hydrogen) atoms. The molecule has 1 atom stereocenters. The smallest absolute Gasteiger partial charge is 0.312 e. The predicted octanol–water partition coefficient (Wildman–Crippen LogP) is 1.89. The minimum atomic E-state index is -0.506. The Hall–Kier alpha value is -2.77. The normalized spacial score (nSPS) is 18.7. The minimum absolute atomic E-state index is 0.194. The van der Waals surface area contributed by atoms with Gasteiger partial charge in [0.2, 0.25) is 5.91 Å². The van der Waals surface area contributed by atoms with Gasteiger partial charge in [-0.15, -0.1) is 0 Å². The number of carbonyl (C=O) groups is 3. The second-order valence-electron chi connectivity index (χ2n) is 7.65. The Balaban J connectivity index is 1.57.